The summed E-state index contributed by atoms with van der Waals surface area (Å²) in [4.78, 5) is 29.9. The molecule has 5 nitrogen and oxygen atoms in total. The Labute approximate surface area is 166 Å². The number of fused-ring (bicyclic) bond motifs is 1. The number of nitrogens with one attached hydrogen (secondary N) is 1. The van der Waals surface area contributed by atoms with E-state index >= 15 is 0 Å². The maximum atomic E-state index is 12.8. The van der Waals surface area contributed by atoms with Crippen molar-refractivity contribution in [2.75, 3.05) is 5.32 Å². The van der Waals surface area contributed by atoms with Crippen LogP contribution in [-0.4, -0.2) is 20.7 Å². The van der Waals surface area contributed by atoms with E-state index in [2.05, 4.69) is 16.9 Å². The lowest BCUT2D eigenvalue weighted by molar-refractivity contribution is -0.115. The van der Waals surface area contributed by atoms with Crippen LogP contribution in [0.2, 0.25) is 5.02 Å². The number of thioether (sulfide) groups is 1. The number of allylic oxidation sites excluding steroid dienone is 1. The highest BCUT2D eigenvalue weighted by molar-refractivity contribution is 8.00. The van der Waals surface area contributed by atoms with Gasteiger partial charge in [-0.2, -0.15) is 0 Å². The lowest BCUT2D eigenvalue weighted by atomic mass is 10.2. The first-order valence-electron chi connectivity index (χ1n) is 8.33. The molecule has 1 heterocycles. The third-order valence-electron chi connectivity index (χ3n) is 3.88. The molecule has 0 saturated heterocycles. The van der Waals surface area contributed by atoms with Gasteiger partial charge in [0.05, 0.1) is 16.2 Å². The van der Waals surface area contributed by atoms with Gasteiger partial charge in [0.25, 0.3) is 5.56 Å². The molecule has 7 heteroatoms. The first-order valence-corrected chi connectivity index (χ1v) is 9.59. The summed E-state index contributed by atoms with van der Waals surface area (Å²) in [5, 5.41) is 3.93. The molecule has 0 aliphatic heterocycles. The molecule has 1 amide bonds. The fraction of sp³-hybridized carbons (Fsp3) is 0.150. The van der Waals surface area contributed by atoms with Crippen LogP contribution in [0.3, 0.4) is 0 Å². The Balaban J connectivity index is 1.88. The summed E-state index contributed by atoms with van der Waals surface area (Å²) in [5.74, 6) is -0.199. The van der Waals surface area contributed by atoms with Gasteiger partial charge in [0, 0.05) is 17.3 Å². The van der Waals surface area contributed by atoms with E-state index in [1.54, 1.807) is 55.5 Å². The number of anilines is 1. The van der Waals surface area contributed by atoms with Crippen molar-refractivity contribution in [3.05, 3.63) is 76.6 Å². The molecule has 0 spiro atoms. The van der Waals surface area contributed by atoms with E-state index < -0.39 is 5.25 Å². The molecule has 1 atom stereocenters. The second-order valence-electron chi connectivity index (χ2n) is 5.88. The van der Waals surface area contributed by atoms with E-state index in [-0.39, 0.29) is 11.5 Å². The Hall–Kier alpha value is -2.57. The second kappa shape index (κ2) is 8.41. The lowest BCUT2D eigenvalue weighted by Gasteiger charge is -2.15. The van der Waals surface area contributed by atoms with Gasteiger partial charge in [0.15, 0.2) is 5.16 Å². The molecule has 0 unspecified atom stereocenters. The predicted octanol–water partition coefficient (Wildman–Crippen LogP) is 4.36. The molecular formula is C20H18ClN3O2S. The average molecular weight is 400 g/mol. The number of hydrogen-bond acceptors (Lipinski definition) is 4. The summed E-state index contributed by atoms with van der Waals surface area (Å²) in [6.07, 6.45) is 1.64. The predicted molar refractivity (Wildman–Crippen MR) is 112 cm³/mol. The van der Waals surface area contributed by atoms with E-state index in [0.717, 1.165) is 0 Å². The molecule has 1 aromatic heterocycles. The number of carbonyl (C=O) groups is 1. The smallest absolute Gasteiger partial charge is 0.262 e. The molecule has 3 rings (SSSR count). The SMILES string of the molecule is C=CCn1c(S[C@@H](C)C(=O)Nc2cccc(Cl)c2)nc2ccccc2c1=O. The van der Waals surface area contributed by atoms with Crippen molar-refractivity contribution in [2.24, 2.45) is 0 Å². The number of carbonyl (C=O) groups excluding carboxylic acids is 1. The molecule has 1 N–H and O–H groups in total. The number of para-hydroxylation sites is 1. The van der Waals surface area contributed by atoms with Crippen LogP contribution < -0.4 is 10.9 Å². The molecule has 27 heavy (non-hydrogen) atoms. The number of hydrogen-bond donors (Lipinski definition) is 1. The van der Waals surface area contributed by atoms with E-state index in [9.17, 15) is 9.59 Å². The summed E-state index contributed by atoms with van der Waals surface area (Å²) in [7, 11) is 0. The highest BCUT2D eigenvalue weighted by atomic mass is 35.5. The molecule has 0 fully saturated rings. The Bertz CT molecular complexity index is 1060. The van der Waals surface area contributed by atoms with Crippen LogP contribution in [0.4, 0.5) is 5.69 Å². The van der Waals surface area contributed by atoms with Crippen LogP contribution in [0.15, 0.2) is 71.1 Å². The van der Waals surface area contributed by atoms with Gasteiger partial charge in [0.2, 0.25) is 5.91 Å². The Morgan fingerprint density at radius 2 is 2.11 bits per heavy atom. The third kappa shape index (κ3) is 4.40. The standard InChI is InChI=1S/C20H18ClN3O2S/c1-3-11-24-19(26)16-9-4-5-10-17(16)23-20(24)27-13(2)18(25)22-15-8-6-7-14(21)12-15/h3-10,12-13H,1,11H2,2H3,(H,22,25)/t13-/m0/s1. The Morgan fingerprint density at radius 3 is 2.85 bits per heavy atom. The van der Waals surface area contributed by atoms with E-state index in [1.165, 1.54) is 16.3 Å². The first kappa shape index (κ1) is 19.2. The van der Waals surface area contributed by atoms with Crippen molar-refractivity contribution in [1.29, 1.82) is 0 Å². The summed E-state index contributed by atoms with van der Waals surface area (Å²) in [6.45, 7) is 5.80. The monoisotopic (exact) mass is 399 g/mol. The number of halogens is 1. The van der Waals surface area contributed by atoms with E-state index in [1.807, 2.05) is 6.07 Å². The van der Waals surface area contributed by atoms with Crippen LogP contribution in [-0.2, 0) is 11.3 Å². The minimum Gasteiger partial charge on any atom is -0.325 e. The first-order chi connectivity index (χ1) is 13.0. The van der Waals surface area contributed by atoms with Crippen LogP contribution in [0, 0.1) is 0 Å². The molecule has 2 aromatic carbocycles. The largest absolute Gasteiger partial charge is 0.325 e. The van der Waals surface area contributed by atoms with Crippen LogP contribution in [0.5, 0.6) is 0 Å². The normalized spacial score (nSPS) is 11.9. The molecule has 3 aromatic rings. The third-order valence-corrected chi connectivity index (χ3v) is 5.21. The zero-order valence-electron chi connectivity index (χ0n) is 14.7. The van der Waals surface area contributed by atoms with E-state index in [4.69, 9.17) is 11.6 Å². The number of amides is 1. The number of nitrogens with zero attached hydrogens (tertiary/aromatic N) is 2. The molecule has 0 bridgehead atoms. The van der Waals surface area contributed by atoms with Gasteiger partial charge in [-0.05, 0) is 37.3 Å². The average Bonchev–Trinajstić information content (AvgIpc) is 2.65. The molecule has 138 valence electrons. The molecule has 0 saturated carbocycles. The number of aromatic nitrogens is 2. The van der Waals surface area contributed by atoms with Gasteiger partial charge in [-0.1, -0.05) is 47.6 Å². The highest BCUT2D eigenvalue weighted by Gasteiger charge is 2.19. The molecule has 0 radical (unpaired) electrons. The summed E-state index contributed by atoms with van der Waals surface area (Å²) < 4.78 is 1.53. The Kier molecular flexibility index (Phi) is 5.98. The van der Waals surface area contributed by atoms with Crippen molar-refractivity contribution >= 4 is 45.9 Å². The molecule has 0 aliphatic rings. The van der Waals surface area contributed by atoms with Crippen molar-refractivity contribution < 1.29 is 4.79 Å². The fourth-order valence-corrected chi connectivity index (χ4v) is 3.66. The van der Waals surface area contributed by atoms with Gasteiger partial charge in [-0.15, -0.1) is 6.58 Å². The zero-order chi connectivity index (χ0) is 19.4. The number of rotatable bonds is 6. The maximum Gasteiger partial charge on any atom is 0.262 e. The van der Waals surface area contributed by atoms with Gasteiger partial charge >= 0.3 is 0 Å². The number of benzene rings is 2. The van der Waals surface area contributed by atoms with Crippen molar-refractivity contribution in [1.82, 2.24) is 9.55 Å². The van der Waals surface area contributed by atoms with Crippen LogP contribution in [0.1, 0.15) is 6.92 Å². The lowest BCUT2D eigenvalue weighted by Crippen LogP contribution is -2.26. The second-order valence-corrected chi connectivity index (χ2v) is 7.62. The minimum absolute atomic E-state index is 0.148. The van der Waals surface area contributed by atoms with Gasteiger partial charge in [-0.25, -0.2) is 4.98 Å². The summed E-state index contributed by atoms with van der Waals surface area (Å²) >= 11 is 7.18. The van der Waals surface area contributed by atoms with Crippen LogP contribution >= 0.6 is 23.4 Å². The van der Waals surface area contributed by atoms with Gasteiger partial charge in [-0.3, -0.25) is 14.2 Å². The van der Waals surface area contributed by atoms with Crippen molar-refractivity contribution in [3.8, 4) is 0 Å². The topological polar surface area (TPSA) is 64.0 Å². The van der Waals surface area contributed by atoms with Crippen molar-refractivity contribution in [3.63, 3.8) is 0 Å². The summed E-state index contributed by atoms with van der Waals surface area (Å²) in [6, 6.07) is 14.1. The van der Waals surface area contributed by atoms with Crippen molar-refractivity contribution in [2.45, 2.75) is 23.9 Å². The van der Waals surface area contributed by atoms with Crippen LogP contribution in [0.25, 0.3) is 10.9 Å². The fourth-order valence-electron chi connectivity index (χ4n) is 2.55. The van der Waals surface area contributed by atoms with Gasteiger partial charge in [0.1, 0.15) is 0 Å². The molecule has 0 aliphatic carbocycles. The quantitative estimate of drug-likeness (QED) is 0.380. The highest BCUT2D eigenvalue weighted by Crippen LogP contribution is 2.24. The summed E-state index contributed by atoms with van der Waals surface area (Å²) in [5.41, 5.74) is 1.08. The zero-order valence-corrected chi connectivity index (χ0v) is 16.3. The van der Waals surface area contributed by atoms with Gasteiger partial charge < -0.3 is 5.32 Å². The maximum absolute atomic E-state index is 12.8. The minimum atomic E-state index is -0.465. The molecular weight excluding hydrogens is 382 g/mol. The van der Waals surface area contributed by atoms with E-state index in [0.29, 0.717) is 33.3 Å². The Morgan fingerprint density at radius 1 is 1.33 bits per heavy atom.